The van der Waals surface area contributed by atoms with E-state index in [0.29, 0.717) is 11.3 Å². The van der Waals surface area contributed by atoms with Crippen molar-refractivity contribution < 1.29 is 0 Å². The van der Waals surface area contributed by atoms with E-state index in [2.05, 4.69) is 245 Å². The highest BCUT2D eigenvalue weighted by molar-refractivity contribution is 6.07. The van der Waals surface area contributed by atoms with E-state index < -0.39 is 0 Å². The van der Waals surface area contributed by atoms with Crippen LogP contribution in [-0.4, -0.2) is 0 Å². The molecule has 0 atom stereocenters. The molecule has 0 spiro atoms. The predicted octanol–water partition coefficient (Wildman–Crippen LogP) is 19.2. The lowest BCUT2D eigenvalue weighted by atomic mass is 9.95. The van der Waals surface area contributed by atoms with Crippen LogP contribution in [0, 0.1) is 17.9 Å². The van der Waals surface area contributed by atoms with Crippen LogP contribution in [0.5, 0.6) is 0 Å². The number of nitriles is 1. The fourth-order valence-corrected chi connectivity index (χ4v) is 10.2. The van der Waals surface area contributed by atoms with Crippen LogP contribution in [-0.2, 0) is 0 Å². The van der Waals surface area contributed by atoms with Gasteiger partial charge in [-0.3, -0.25) is 0 Å². The third kappa shape index (κ3) is 7.96. The molecule has 0 bridgehead atoms. The summed E-state index contributed by atoms with van der Waals surface area (Å²) >= 11 is 0. The fraction of sp³-hybridized carbons (Fsp3) is 0. The third-order valence-corrected chi connectivity index (χ3v) is 13.7. The molecule has 12 aromatic carbocycles. The monoisotopic (exact) mass is 916 g/mol. The summed E-state index contributed by atoms with van der Waals surface area (Å²) in [5, 5.41) is 21.5. The lowest BCUT2D eigenvalue weighted by Gasteiger charge is -2.28. The molecule has 4 nitrogen and oxygen atoms in total. The average molecular weight is 917 g/mol. The third-order valence-electron chi connectivity index (χ3n) is 13.7. The summed E-state index contributed by atoms with van der Waals surface area (Å²) in [4.78, 5) is 8.72. The summed E-state index contributed by atoms with van der Waals surface area (Å²) in [6.45, 7) is 8.30. The van der Waals surface area contributed by atoms with E-state index in [1.165, 1.54) is 43.1 Å². The Morgan fingerprint density at radius 2 is 0.681 bits per heavy atom. The Kier molecular flexibility index (Phi) is 11.3. The Morgan fingerprint density at radius 1 is 0.333 bits per heavy atom. The molecule has 0 saturated heterocycles. The minimum atomic E-state index is 0.517. The lowest BCUT2D eigenvalue weighted by molar-refractivity contribution is 1.31. The van der Waals surface area contributed by atoms with Crippen LogP contribution in [0.4, 0.5) is 39.8 Å². The molecule has 0 aliphatic heterocycles. The Bertz CT molecular complexity index is 3740. The standard InChI is InChI=1S/C68H44N4/c1-70-68-54(37-31-48-34-42-56(43-35-48)72(66-28-12-20-51-16-4-8-24-59(51)66)67-29-13-21-52-17-5-9-25-60(52)67)39-44-61-62(68)45-38-53(63(61)46-69)36-30-47-32-40-55(41-33-47)71(64-26-10-18-49-14-2-6-22-57(49)64)65-27-11-19-50-15-3-7-23-58(50)65/h2-45H. The lowest BCUT2D eigenvalue weighted by Crippen LogP contribution is -2.11. The predicted molar refractivity (Wildman–Crippen MR) is 305 cm³/mol. The first-order valence-corrected chi connectivity index (χ1v) is 24.1. The second-order valence-electron chi connectivity index (χ2n) is 17.9. The molecule has 12 aromatic rings. The largest absolute Gasteiger partial charge is 0.309 e. The van der Waals surface area contributed by atoms with Gasteiger partial charge in [0.1, 0.15) is 6.07 Å². The zero-order valence-corrected chi connectivity index (χ0v) is 39.2. The number of benzene rings is 12. The fourth-order valence-electron chi connectivity index (χ4n) is 10.2. The minimum Gasteiger partial charge on any atom is -0.309 e. The van der Waals surface area contributed by atoms with Crippen molar-refractivity contribution >= 4 is 118 Å². The number of nitrogens with zero attached hydrogens (tertiary/aromatic N) is 4. The van der Waals surface area contributed by atoms with Crippen LogP contribution >= 0.6 is 0 Å². The minimum absolute atomic E-state index is 0.517. The SMILES string of the molecule is [C-]#[N+]c1c(C=Cc2ccc(N(c3cccc4ccccc34)c3cccc4ccccc34)cc2)ccc2c(C#N)c(C=Cc3ccc(N(c4cccc5ccccc45)c4cccc5ccccc45)cc3)ccc12. The quantitative estimate of drug-likeness (QED) is 0.101. The first kappa shape index (κ1) is 43.3. The number of anilines is 6. The molecule has 0 saturated carbocycles. The molecule has 0 aromatic heterocycles. The first-order valence-electron chi connectivity index (χ1n) is 24.1. The molecular weight excluding hydrogens is 873 g/mol. The summed E-state index contributed by atoms with van der Waals surface area (Å²) in [6.07, 6.45) is 8.10. The molecular formula is C68H44N4. The van der Waals surface area contributed by atoms with E-state index in [1.54, 1.807) is 0 Å². The van der Waals surface area contributed by atoms with Crippen LogP contribution in [0.2, 0.25) is 0 Å². The van der Waals surface area contributed by atoms with E-state index >= 15 is 0 Å². The molecule has 336 valence electrons. The maximum atomic E-state index is 10.6. The van der Waals surface area contributed by atoms with E-state index in [-0.39, 0.29) is 0 Å². The highest BCUT2D eigenvalue weighted by Crippen LogP contribution is 2.44. The van der Waals surface area contributed by atoms with Gasteiger partial charge in [0.05, 0.1) is 34.9 Å². The van der Waals surface area contributed by atoms with Gasteiger partial charge in [0.25, 0.3) is 0 Å². The molecule has 0 heterocycles. The van der Waals surface area contributed by atoms with Crippen molar-refractivity contribution in [2.45, 2.75) is 0 Å². The number of hydrogen-bond donors (Lipinski definition) is 0. The summed E-state index contributed by atoms with van der Waals surface area (Å²) in [5.74, 6) is 0. The molecule has 72 heavy (non-hydrogen) atoms. The molecule has 0 aliphatic carbocycles. The summed E-state index contributed by atoms with van der Waals surface area (Å²) < 4.78 is 0. The van der Waals surface area contributed by atoms with Crippen molar-refractivity contribution in [3.05, 3.63) is 282 Å². The topological polar surface area (TPSA) is 34.6 Å². The number of hydrogen-bond acceptors (Lipinski definition) is 3. The summed E-state index contributed by atoms with van der Waals surface area (Å²) in [5.41, 5.74) is 11.1. The Labute approximate surface area is 419 Å². The van der Waals surface area contributed by atoms with Crippen molar-refractivity contribution in [1.82, 2.24) is 0 Å². The molecule has 0 radical (unpaired) electrons. The first-order chi connectivity index (χ1) is 35.6. The smallest absolute Gasteiger partial charge is 0.202 e. The van der Waals surface area contributed by atoms with Crippen molar-refractivity contribution in [1.29, 1.82) is 5.26 Å². The van der Waals surface area contributed by atoms with Gasteiger partial charge < -0.3 is 9.80 Å². The zero-order chi connectivity index (χ0) is 48.4. The van der Waals surface area contributed by atoms with Gasteiger partial charge in [-0.05, 0) is 103 Å². The highest BCUT2D eigenvalue weighted by atomic mass is 15.2. The van der Waals surface area contributed by atoms with Gasteiger partial charge in [-0.25, -0.2) is 4.85 Å². The van der Waals surface area contributed by atoms with Crippen LogP contribution in [0.3, 0.4) is 0 Å². The normalized spacial score (nSPS) is 11.5. The van der Waals surface area contributed by atoms with Crippen molar-refractivity contribution in [3.8, 4) is 6.07 Å². The average Bonchev–Trinajstić information content (AvgIpc) is 3.44. The van der Waals surface area contributed by atoms with Crippen LogP contribution in [0.25, 0.3) is 83.0 Å². The zero-order valence-electron chi connectivity index (χ0n) is 39.2. The Hall–Kier alpha value is -10.0. The van der Waals surface area contributed by atoms with E-state index in [0.717, 1.165) is 67.2 Å². The Morgan fingerprint density at radius 3 is 1.07 bits per heavy atom. The maximum absolute atomic E-state index is 10.6. The highest BCUT2D eigenvalue weighted by Gasteiger charge is 2.20. The second kappa shape index (κ2) is 18.8. The van der Waals surface area contributed by atoms with Gasteiger partial charge in [0.15, 0.2) is 0 Å². The number of fused-ring (bicyclic) bond motifs is 5. The number of rotatable bonds is 10. The van der Waals surface area contributed by atoms with Crippen LogP contribution in [0.15, 0.2) is 243 Å². The van der Waals surface area contributed by atoms with E-state index in [1.807, 2.05) is 42.5 Å². The van der Waals surface area contributed by atoms with Gasteiger partial charge in [0.2, 0.25) is 5.69 Å². The van der Waals surface area contributed by atoms with Crippen LogP contribution in [0.1, 0.15) is 27.8 Å². The molecule has 12 rings (SSSR count). The van der Waals surface area contributed by atoms with E-state index in [9.17, 15) is 5.26 Å². The summed E-state index contributed by atoms with van der Waals surface area (Å²) in [6, 6.07) is 87.4. The second-order valence-corrected chi connectivity index (χ2v) is 17.9. The van der Waals surface area contributed by atoms with Crippen LogP contribution < -0.4 is 9.80 Å². The van der Waals surface area contributed by atoms with Gasteiger partial charge in [-0.2, -0.15) is 5.26 Å². The molecule has 0 amide bonds. The molecule has 0 N–H and O–H groups in total. The van der Waals surface area contributed by atoms with Crippen molar-refractivity contribution in [2.75, 3.05) is 9.80 Å². The van der Waals surface area contributed by atoms with Gasteiger partial charge >= 0.3 is 0 Å². The van der Waals surface area contributed by atoms with Crippen molar-refractivity contribution in [2.24, 2.45) is 0 Å². The maximum Gasteiger partial charge on any atom is 0.202 e. The van der Waals surface area contributed by atoms with Crippen molar-refractivity contribution in [3.63, 3.8) is 0 Å². The van der Waals surface area contributed by atoms with E-state index in [4.69, 9.17) is 6.57 Å². The van der Waals surface area contributed by atoms with Gasteiger partial charge in [-0.15, -0.1) is 0 Å². The summed E-state index contributed by atoms with van der Waals surface area (Å²) in [7, 11) is 0. The molecule has 0 fully saturated rings. The molecule has 0 aliphatic rings. The molecule has 4 heteroatoms. The van der Waals surface area contributed by atoms with Gasteiger partial charge in [0, 0.05) is 32.9 Å². The Balaban J connectivity index is 0.834. The molecule has 0 unspecified atom stereocenters. The van der Waals surface area contributed by atoms with Gasteiger partial charge in [-0.1, -0.05) is 218 Å².